The van der Waals surface area contributed by atoms with Gasteiger partial charge in [0.25, 0.3) is 6.71 Å². The molecule has 1 aliphatic carbocycles. The Labute approximate surface area is 483 Å². The predicted octanol–water partition coefficient (Wildman–Crippen LogP) is 17.6. The number of anilines is 10. The molecule has 0 atom stereocenters. The van der Waals surface area contributed by atoms with Gasteiger partial charge >= 0.3 is 6.98 Å². The van der Waals surface area contributed by atoms with Crippen molar-refractivity contribution in [2.45, 2.75) is 114 Å². The van der Waals surface area contributed by atoms with Crippen LogP contribution in [0, 0.1) is 48.5 Å². The summed E-state index contributed by atoms with van der Waals surface area (Å²) in [6, 6.07) is 65.4. The van der Waals surface area contributed by atoms with Crippen LogP contribution in [0.4, 0.5) is 56.9 Å². The standard InChI is InChI=1S/C75H74B2N4/c1-47-36-68-71-69(37-47)79(73-52(6)40-57(41-53(73)7)55-28-20-15-21-29-55)65-46-67-66(80(60-30-22-16-23-31-60)77(81(67)61-32-24-17-25-33-61)70-48(2)42-59(43-49(70)3)75(11,12)13)45-63(65)76(71)62-35-34-58(74(8,9)10)44-64(62)78(68)72-50(4)38-56(39-51(72)5)54-26-18-14-19-27-54/h14,16-20,22-46H,15,21H2,1-13H3. The second-order valence-electron chi connectivity index (χ2n) is 25.7. The van der Waals surface area contributed by atoms with Crippen LogP contribution in [0.2, 0.25) is 0 Å². The zero-order chi connectivity index (χ0) is 56.4. The smallest absolute Gasteiger partial charge is 0.360 e. The lowest BCUT2D eigenvalue weighted by Crippen LogP contribution is -2.61. The lowest BCUT2D eigenvalue weighted by atomic mass is 9.33. The van der Waals surface area contributed by atoms with Gasteiger partial charge in [-0.1, -0.05) is 162 Å². The Morgan fingerprint density at radius 1 is 0.383 bits per heavy atom. The van der Waals surface area contributed by atoms with Crippen molar-refractivity contribution in [3.63, 3.8) is 0 Å². The van der Waals surface area contributed by atoms with Crippen molar-refractivity contribution in [1.82, 2.24) is 0 Å². The topological polar surface area (TPSA) is 13.0 Å². The molecule has 13 rings (SSSR count). The summed E-state index contributed by atoms with van der Waals surface area (Å²) in [4.78, 5) is 10.6. The number of hydrogen-bond donors (Lipinski definition) is 0. The molecule has 9 aromatic rings. The molecule has 4 aliphatic rings. The van der Waals surface area contributed by atoms with Gasteiger partial charge in [-0.3, -0.25) is 0 Å². The number of para-hydroxylation sites is 2. The van der Waals surface area contributed by atoms with E-state index < -0.39 is 0 Å². The summed E-state index contributed by atoms with van der Waals surface area (Å²) < 4.78 is 0. The molecular weight excluding hydrogens is 978 g/mol. The van der Waals surface area contributed by atoms with E-state index in [1.165, 1.54) is 140 Å². The Bertz CT molecular complexity index is 4000. The van der Waals surface area contributed by atoms with Crippen molar-refractivity contribution in [3.8, 4) is 11.1 Å². The van der Waals surface area contributed by atoms with Crippen LogP contribution in [-0.2, 0) is 10.8 Å². The molecule has 0 N–H and O–H groups in total. The van der Waals surface area contributed by atoms with Crippen LogP contribution in [0.5, 0.6) is 0 Å². The summed E-state index contributed by atoms with van der Waals surface area (Å²) in [7, 11) is 0. The third-order valence-electron chi connectivity index (χ3n) is 17.8. The highest BCUT2D eigenvalue weighted by atomic mass is 15.3. The number of aryl methyl sites for hydroxylation is 7. The van der Waals surface area contributed by atoms with Gasteiger partial charge in [-0.25, -0.2) is 0 Å². The molecule has 400 valence electrons. The summed E-state index contributed by atoms with van der Waals surface area (Å²) in [6.07, 6.45) is 9.21. The van der Waals surface area contributed by atoms with E-state index in [-0.39, 0.29) is 24.5 Å². The number of allylic oxidation sites excluding steroid dienone is 4. The lowest BCUT2D eigenvalue weighted by Gasteiger charge is -2.46. The SMILES string of the molecule is Cc1cc2c3c(c1)N(c1c(C)cc(C4=CCCC=C4)cc1C)c1cc4c(cc1B3c1ccc(C(C)(C)C)cc1N2c1c(C)cc(-c2ccccc2)cc1C)N(c1ccccc1)B(c1c(C)cc(C(C)(C)C)cc1C)N4c1ccccc1. The third kappa shape index (κ3) is 8.67. The van der Waals surface area contributed by atoms with Gasteiger partial charge in [0.1, 0.15) is 0 Å². The molecule has 0 unspecified atom stereocenters. The van der Waals surface area contributed by atoms with Gasteiger partial charge in [0.2, 0.25) is 0 Å². The summed E-state index contributed by atoms with van der Waals surface area (Å²) in [5, 5.41) is 0. The van der Waals surface area contributed by atoms with E-state index in [1.54, 1.807) is 0 Å². The molecule has 0 saturated carbocycles. The van der Waals surface area contributed by atoms with Crippen molar-refractivity contribution >= 4 is 98.0 Å². The maximum atomic E-state index is 2.68. The average Bonchev–Trinajstić information content (AvgIpc) is 2.21. The fraction of sp³-hybridized carbons (Fsp3) is 0.227. The van der Waals surface area contributed by atoms with Crippen LogP contribution in [0.25, 0.3) is 16.7 Å². The van der Waals surface area contributed by atoms with Gasteiger partial charge in [-0.2, -0.15) is 0 Å². The van der Waals surface area contributed by atoms with Gasteiger partial charge in [0.15, 0.2) is 0 Å². The predicted molar refractivity (Wildman–Crippen MR) is 352 cm³/mol. The molecule has 81 heavy (non-hydrogen) atoms. The molecule has 0 saturated heterocycles. The van der Waals surface area contributed by atoms with Gasteiger partial charge in [-0.15, -0.1) is 0 Å². The van der Waals surface area contributed by atoms with Crippen LogP contribution >= 0.6 is 0 Å². The number of hydrogen-bond acceptors (Lipinski definition) is 4. The van der Waals surface area contributed by atoms with E-state index in [4.69, 9.17) is 0 Å². The molecule has 0 aromatic heterocycles. The molecule has 0 spiro atoms. The zero-order valence-electron chi connectivity index (χ0n) is 49.8. The Kier molecular flexibility index (Phi) is 12.6. The first-order chi connectivity index (χ1) is 38.8. The normalized spacial score (nSPS) is 14.5. The van der Waals surface area contributed by atoms with Crippen molar-refractivity contribution in [2.75, 3.05) is 19.4 Å². The fourth-order valence-corrected chi connectivity index (χ4v) is 14.1. The van der Waals surface area contributed by atoms with Gasteiger partial charge in [0, 0.05) is 34.1 Å². The van der Waals surface area contributed by atoms with E-state index in [1.807, 2.05) is 0 Å². The Balaban J connectivity index is 1.14. The number of rotatable bonds is 7. The summed E-state index contributed by atoms with van der Waals surface area (Å²) in [5.41, 5.74) is 33.9. The summed E-state index contributed by atoms with van der Waals surface area (Å²) in [5.74, 6) is 0. The molecule has 0 bridgehead atoms. The molecule has 0 fully saturated rings. The van der Waals surface area contributed by atoms with E-state index in [9.17, 15) is 0 Å². The van der Waals surface area contributed by atoms with Crippen molar-refractivity contribution in [2.24, 2.45) is 0 Å². The van der Waals surface area contributed by atoms with E-state index >= 15 is 0 Å². The van der Waals surface area contributed by atoms with Crippen molar-refractivity contribution < 1.29 is 0 Å². The van der Waals surface area contributed by atoms with Crippen molar-refractivity contribution in [3.05, 3.63) is 244 Å². The minimum Gasteiger partial charge on any atom is -0.360 e. The third-order valence-corrected chi connectivity index (χ3v) is 17.8. The number of nitrogens with zero attached hydrogens (tertiary/aromatic N) is 4. The van der Waals surface area contributed by atoms with Gasteiger partial charge in [-0.05, 0) is 234 Å². The highest BCUT2D eigenvalue weighted by Gasteiger charge is 2.50. The Morgan fingerprint density at radius 2 is 0.877 bits per heavy atom. The van der Waals surface area contributed by atoms with Crippen LogP contribution < -0.4 is 41.3 Å². The first kappa shape index (κ1) is 52.2. The van der Waals surface area contributed by atoms with Gasteiger partial charge < -0.3 is 19.4 Å². The van der Waals surface area contributed by atoms with Crippen LogP contribution in [0.15, 0.2) is 188 Å². The zero-order valence-corrected chi connectivity index (χ0v) is 49.8. The summed E-state index contributed by atoms with van der Waals surface area (Å²) >= 11 is 0. The quantitative estimate of drug-likeness (QED) is 0.148. The second-order valence-corrected chi connectivity index (χ2v) is 25.7. The monoisotopic (exact) mass is 1050 g/mol. The maximum absolute atomic E-state index is 2.68. The van der Waals surface area contributed by atoms with Crippen LogP contribution in [0.1, 0.15) is 110 Å². The number of fused-ring (bicyclic) bond motifs is 5. The first-order valence-corrected chi connectivity index (χ1v) is 29.4. The molecular formula is C75H74B2N4. The first-order valence-electron chi connectivity index (χ1n) is 29.4. The molecule has 0 radical (unpaired) electrons. The van der Waals surface area contributed by atoms with E-state index in [0.29, 0.717) is 0 Å². The fourth-order valence-electron chi connectivity index (χ4n) is 14.1. The maximum Gasteiger partial charge on any atom is 0.421 e. The minimum atomic E-state index is -0.191. The largest absolute Gasteiger partial charge is 0.421 e. The average molecular weight is 1050 g/mol. The molecule has 3 heterocycles. The van der Waals surface area contributed by atoms with Crippen LogP contribution in [0.3, 0.4) is 0 Å². The molecule has 6 heteroatoms. The van der Waals surface area contributed by atoms with Gasteiger partial charge in [0.05, 0.1) is 22.7 Å². The molecule has 9 aromatic carbocycles. The highest BCUT2D eigenvalue weighted by Crippen LogP contribution is 2.53. The van der Waals surface area contributed by atoms with Crippen molar-refractivity contribution in [1.29, 1.82) is 0 Å². The summed E-state index contributed by atoms with van der Waals surface area (Å²) in [6.45, 7) is 30.1. The molecule has 0 amide bonds. The lowest BCUT2D eigenvalue weighted by molar-refractivity contribution is 0.589. The minimum absolute atomic E-state index is 0.000677. The van der Waals surface area contributed by atoms with E-state index in [2.05, 4.69) is 298 Å². The van der Waals surface area contributed by atoms with Crippen LogP contribution in [-0.4, -0.2) is 13.7 Å². The Hall–Kier alpha value is -8.21. The Morgan fingerprint density at radius 3 is 1.38 bits per heavy atom. The highest BCUT2D eigenvalue weighted by molar-refractivity contribution is 7.00. The second kappa shape index (κ2) is 19.5. The van der Waals surface area contributed by atoms with E-state index in [0.717, 1.165) is 24.2 Å². The molecule has 3 aliphatic heterocycles. The molecule has 4 nitrogen and oxygen atoms in total. The number of benzene rings is 9.